The van der Waals surface area contributed by atoms with Crippen molar-refractivity contribution in [3.8, 4) is 5.75 Å². The van der Waals surface area contributed by atoms with Crippen LogP contribution in [0.15, 0.2) is 18.2 Å². The molecule has 0 bridgehead atoms. The van der Waals surface area contributed by atoms with Gasteiger partial charge in [-0.25, -0.2) is 0 Å². The molecule has 0 radical (unpaired) electrons. The second-order valence-electron chi connectivity index (χ2n) is 4.65. The molecule has 0 spiro atoms. The lowest BCUT2D eigenvalue weighted by atomic mass is 9.92. The lowest BCUT2D eigenvalue weighted by molar-refractivity contribution is 0.0433. The van der Waals surface area contributed by atoms with Gasteiger partial charge in [0.15, 0.2) is 0 Å². The Morgan fingerprint density at radius 2 is 2.16 bits per heavy atom. The predicted octanol–water partition coefficient (Wildman–Crippen LogP) is 2.51. The molecule has 1 amide bonds. The average Bonchev–Trinajstić information content (AvgIpc) is 2.43. The highest BCUT2D eigenvalue weighted by Gasteiger charge is 2.33. The van der Waals surface area contributed by atoms with E-state index in [0.29, 0.717) is 41.1 Å². The molecule has 19 heavy (non-hydrogen) atoms. The van der Waals surface area contributed by atoms with Gasteiger partial charge in [0.05, 0.1) is 9.11 Å². The summed E-state index contributed by atoms with van der Waals surface area (Å²) < 4.78 is 6.01. The third kappa shape index (κ3) is 3.52. The normalized spacial score (nSPS) is 18.0. The van der Waals surface area contributed by atoms with Gasteiger partial charge < -0.3 is 15.2 Å². The summed E-state index contributed by atoms with van der Waals surface area (Å²) in [5, 5.41) is 12.6. The molecule has 1 heterocycles. The van der Waals surface area contributed by atoms with Crippen molar-refractivity contribution < 1.29 is 14.6 Å². The van der Waals surface area contributed by atoms with E-state index in [1.165, 1.54) is 6.07 Å². The van der Waals surface area contributed by atoms with E-state index < -0.39 is 5.54 Å². The highest BCUT2D eigenvalue weighted by Crippen LogP contribution is 2.24. The van der Waals surface area contributed by atoms with Crippen LogP contribution < -0.4 is 5.32 Å². The fraction of sp³-hybridized carbons (Fsp3) is 0.462. The molecule has 1 aromatic rings. The molecule has 4 nitrogen and oxygen atoms in total. The molecule has 6 heteroatoms. The molecule has 2 N–H and O–H groups in total. The summed E-state index contributed by atoms with van der Waals surface area (Å²) in [6.45, 7) is 1.20. The van der Waals surface area contributed by atoms with Gasteiger partial charge in [-0.05, 0) is 53.6 Å². The van der Waals surface area contributed by atoms with Crippen molar-refractivity contribution >= 4 is 40.1 Å². The number of halogens is 2. The number of aromatic hydroxyl groups is 1. The quantitative estimate of drug-likeness (QED) is 0.611. The molecular formula is C13H15ClINO3. The number of rotatable bonds is 3. The summed E-state index contributed by atoms with van der Waals surface area (Å²) >= 11 is 8.01. The number of benzene rings is 1. The maximum absolute atomic E-state index is 12.2. The smallest absolute Gasteiger partial charge is 0.251 e. The van der Waals surface area contributed by atoms with Gasteiger partial charge in [-0.1, -0.05) is 0 Å². The van der Waals surface area contributed by atoms with E-state index in [9.17, 15) is 9.90 Å². The molecule has 0 unspecified atom stereocenters. The average molecular weight is 396 g/mol. The molecule has 1 aliphatic rings. The molecule has 1 aromatic carbocycles. The first-order chi connectivity index (χ1) is 9.06. The van der Waals surface area contributed by atoms with Crippen LogP contribution in [0.5, 0.6) is 5.75 Å². The number of phenols is 1. The number of phenolic OH excluding ortho intramolecular Hbond substituents is 1. The summed E-state index contributed by atoms with van der Waals surface area (Å²) in [6.07, 6.45) is 1.41. The molecule has 2 rings (SSSR count). The zero-order valence-electron chi connectivity index (χ0n) is 10.3. The SMILES string of the molecule is O=C(NC1(CCl)CCOCC1)c1ccc(I)c(O)c1. The van der Waals surface area contributed by atoms with E-state index in [0.717, 1.165) is 0 Å². The van der Waals surface area contributed by atoms with Crippen molar-refractivity contribution in [3.05, 3.63) is 27.3 Å². The lowest BCUT2D eigenvalue weighted by Gasteiger charge is -2.36. The lowest BCUT2D eigenvalue weighted by Crippen LogP contribution is -2.53. The number of carbonyl (C=O) groups is 1. The number of hydrogen-bond donors (Lipinski definition) is 2. The van der Waals surface area contributed by atoms with E-state index in [-0.39, 0.29) is 11.7 Å². The van der Waals surface area contributed by atoms with Crippen molar-refractivity contribution in [2.45, 2.75) is 18.4 Å². The predicted molar refractivity (Wildman–Crippen MR) is 81.8 cm³/mol. The minimum absolute atomic E-state index is 0.111. The van der Waals surface area contributed by atoms with Crippen LogP contribution in [0.25, 0.3) is 0 Å². The number of alkyl halides is 1. The van der Waals surface area contributed by atoms with Crippen LogP contribution in [-0.4, -0.2) is 35.6 Å². The Hall–Kier alpha value is -0.530. The van der Waals surface area contributed by atoms with Crippen LogP contribution >= 0.6 is 34.2 Å². The van der Waals surface area contributed by atoms with E-state index in [1.54, 1.807) is 12.1 Å². The minimum Gasteiger partial charge on any atom is -0.507 e. The summed E-state index contributed by atoms with van der Waals surface area (Å²) in [5.74, 6) is 0.257. The molecule has 104 valence electrons. The summed E-state index contributed by atoms with van der Waals surface area (Å²) in [6, 6.07) is 4.87. The minimum atomic E-state index is -0.407. The number of nitrogens with one attached hydrogen (secondary N) is 1. The Labute approximate surface area is 130 Å². The van der Waals surface area contributed by atoms with Crippen molar-refractivity contribution in [3.63, 3.8) is 0 Å². The summed E-state index contributed by atoms with van der Waals surface area (Å²) in [4.78, 5) is 12.2. The Morgan fingerprint density at radius 1 is 1.47 bits per heavy atom. The molecule has 0 atom stereocenters. The topological polar surface area (TPSA) is 58.6 Å². The van der Waals surface area contributed by atoms with Gasteiger partial charge in [-0.15, -0.1) is 11.6 Å². The van der Waals surface area contributed by atoms with Crippen molar-refractivity contribution in [1.82, 2.24) is 5.32 Å². The number of hydrogen-bond acceptors (Lipinski definition) is 3. The molecule has 1 fully saturated rings. The Bertz CT molecular complexity index is 475. The van der Waals surface area contributed by atoms with Crippen LogP contribution in [0.2, 0.25) is 0 Å². The first kappa shape index (κ1) is 14.9. The molecule has 0 aromatic heterocycles. The molecular weight excluding hydrogens is 381 g/mol. The third-order valence-electron chi connectivity index (χ3n) is 3.29. The zero-order valence-corrected chi connectivity index (χ0v) is 13.2. The summed E-state index contributed by atoms with van der Waals surface area (Å²) in [7, 11) is 0. The fourth-order valence-electron chi connectivity index (χ4n) is 2.02. The number of ether oxygens (including phenoxy) is 1. The maximum Gasteiger partial charge on any atom is 0.251 e. The van der Waals surface area contributed by atoms with Gasteiger partial charge in [0.2, 0.25) is 0 Å². The van der Waals surface area contributed by atoms with E-state index in [1.807, 2.05) is 22.6 Å². The van der Waals surface area contributed by atoms with Crippen molar-refractivity contribution in [2.75, 3.05) is 19.1 Å². The highest BCUT2D eigenvalue weighted by molar-refractivity contribution is 14.1. The molecule has 0 aliphatic carbocycles. The Morgan fingerprint density at radius 3 is 2.74 bits per heavy atom. The second kappa shape index (κ2) is 6.28. The van der Waals surface area contributed by atoms with Gasteiger partial charge in [0.25, 0.3) is 5.91 Å². The largest absolute Gasteiger partial charge is 0.507 e. The Kier molecular flexibility index (Phi) is 4.92. The standard InChI is InChI=1S/C13H15ClINO3/c14-8-13(3-5-19-6-4-13)16-12(18)9-1-2-10(15)11(17)7-9/h1-2,7,17H,3-6,8H2,(H,16,18). The molecule has 1 saturated heterocycles. The van der Waals surface area contributed by atoms with Crippen LogP contribution in [0.3, 0.4) is 0 Å². The van der Waals surface area contributed by atoms with Gasteiger partial charge in [0.1, 0.15) is 5.75 Å². The highest BCUT2D eigenvalue weighted by atomic mass is 127. The monoisotopic (exact) mass is 395 g/mol. The van der Waals surface area contributed by atoms with Crippen molar-refractivity contribution in [2.24, 2.45) is 0 Å². The van der Waals surface area contributed by atoms with E-state index >= 15 is 0 Å². The van der Waals surface area contributed by atoms with Gasteiger partial charge in [-0.3, -0.25) is 4.79 Å². The van der Waals surface area contributed by atoms with Crippen LogP contribution in [0.4, 0.5) is 0 Å². The molecule has 1 aliphatic heterocycles. The maximum atomic E-state index is 12.2. The first-order valence-electron chi connectivity index (χ1n) is 6.01. The van der Waals surface area contributed by atoms with Crippen LogP contribution in [0, 0.1) is 3.57 Å². The van der Waals surface area contributed by atoms with Crippen molar-refractivity contribution in [1.29, 1.82) is 0 Å². The van der Waals surface area contributed by atoms with Crippen LogP contribution in [-0.2, 0) is 4.74 Å². The molecule has 0 saturated carbocycles. The van der Waals surface area contributed by atoms with Crippen LogP contribution in [0.1, 0.15) is 23.2 Å². The van der Waals surface area contributed by atoms with Gasteiger partial charge >= 0.3 is 0 Å². The number of carbonyl (C=O) groups excluding carboxylic acids is 1. The summed E-state index contributed by atoms with van der Waals surface area (Å²) in [5.41, 5.74) is 0.0316. The number of amides is 1. The van der Waals surface area contributed by atoms with E-state index in [4.69, 9.17) is 16.3 Å². The fourth-order valence-corrected chi connectivity index (χ4v) is 2.69. The first-order valence-corrected chi connectivity index (χ1v) is 7.62. The Balaban J connectivity index is 2.12. The van der Waals surface area contributed by atoms with E-state index in [2.05, 4.69) is 5.32 Å². The zero-order chi connectivity index (χ0) is 13.9. The van der Waals surface area contributed by atoms with Gasteiger partial charge in [0, 0.05) is 24.7 Å². The third-order valence-corrected chi connectivity index (χ3v) is 4.72. The van der Waals surface area contributed by atoms with Gasteiger partial charge in [-0.2, -0.15) is 0 Å². The second-order valence-corrected chi connectivity index (χ2v) is 6.08.